The molecule has 0 bridgehead atoms. The first-order valence-corrected chi connectivity index (χ1v) is 7.14. The zero-order chi connectivity index (χ0) is 13.8. The fraction of sp³-hybridized carbons (Fsp3) is 0.417. The minimum Gasteiger partial charge on any atom is -0.212 e. The number of hydrogen-bond donors (Lipinski definition) is 0. The topological polar surface area (TPSA) is 61.2 Å². The smallest absolute Gasteiger partial charge is 0.212 e. The zero-order valence-electron chi connectivity index (χ0n) is 10.4. The van der Waals surface area contributed by atoms with Crippen LogP contribution in [0.1, 0.15) is 24.5 Å². The molecule has 0 radical (unpaired) electrons. The summed E-state index contributed by atoms with van der Waals surface area (Å²) in [5, 5.41) is 8.88. The molecule has 0 amide bonds. The van der Waals surface area contributed by atoms with Crippen LogP contribution in [-0.4, -0.2) is 25.5 Å². The molecule has 0 atom stereocenters. The van der Waals surface area contributed by atoms with Gasteiger partial charge in [-0.1, -0.05) is 13.0 Å². The van der Waals surface area contributed by atoms with E-state index in [4.69, 9.17) is 5.26 Å². The van der Waals surface area contributed by atoms with Gasteiger partial charge in [0.2, 0.25) is 10.0 Å². The van der Waals surface area contributed by atoms with Gasteiger partial charge in [-0.15, -0.1) is 0 Å². The first-order chi connectivity index (χ1) is 8.40. The van der Waals surface area contributed by atoms with Crippen LogP contribution >= 0.6 is 0 Å². The van der Waals surface area contributed by atoms with E-state index in [1.54, 1.807) is 6.92 Å². The zero-order valence-corrected chi connectivity index (χ0v) is 11.2. The minimum absolute atomic E-state index is 0.0621. The maximum absolute atomic E-state index is 12.9. The SMILES string of the molecule is CCCS(=O)(=O)N(C)Cc1ccc(F)cc1C#N. The van der Waals surface area contributed by atoms with Gasteiger partial charge in [0.15, 0.2) is 0 Å². The summed E-state index contributed by atoms with van der Waals surface area (Å²) in [4.78, 5) is 0. The van der Waals surface area contributed by atoms with Crippen LogP contribution in [0.3, 0.4) is 0 Å². The minimum atomic E-state index is -3.31. The predicted octanol–water partition coefficient (Wildman–Crippen LogP) is 1.87. The standard InChI is InChI=1S/C12H15FN2O2S/c1-3-6-18(16,17)15(2)9-10-4-5-12(13)7-11(10)8-14/h4-5,7H,3,6,9H2,1-2H3. The van der Waals surface area contributed by atoms with Crippen molar-refractivity contribution in [2.45, 2.75) is 19.9 Å². The normalized spacial score (nSPS) is 11.5. The van der Waals surface area contributed by atoms with Crippen molar-refractivity contribution in [3.05, 3.63) is 35.1 Å². The van der Waals surface area contributed by atoms with Crippen LogP contribution in [0.2, 0.25) is 0 Å². The van der Waals surface area contributed by atoms with Gasteiger partial charge in [-0.3, -0.25) is 0 Å². The molecule has 1 rings (SSSR count). The second-order valence-corrected chi connectivity index (χ2v) is 6.18. The number of nitrogens with zero attached hydrogens (tertiary/aromatic N) is 2. The maximum atomic E-state index is 12.9. The van der Waals surface area contributed by atoms with Gasteiger partial charge < -0.3 is 0 Å². The van der Waals surface area contributed by atoms with Gasteiger partial charge in [0, 0.05) is 13.6 Å². The summed E-state index contributed by atoms with van der Waals surface area (Å²) in [6.07, 6.45) is 0.529. The highest BCUT2D eigenvalue weighted by atomic mass is 32.2. The summed E-state index contributed by atoms with van der Waals surface area (Å²) in [6.45, 7) is 1.86. The molecular weight excluding hydrogens is 255 g/mol. The van der Waals surface area contributed by atoms with Gasteiger partial charge in [0.25, 0.3) is 0 Å². The van der Waals surface area contributed by atoms with E-state index in [1.807, 2.05) is 6.07 Å². The molecule has 0 aliphatic rings. The molecule has 4 nitrogen and oxygen atoms in total. The Balaban J connectivity index is 2.96. The Labute approximate surface area is 107 Å². The molecule has 18 heavy (non-hydrogen) atoms. The van der Waals surface area contributed by atoms with Crippen molar-refractivity contribution in [1.82, 2.24) is 4.31 Å². The number of benzene rings is 1. The second kappa shape index (κ2) is 5.94. The Hall–Kier alpha value is -1.45. The summed E-state index contributed by atoms with van der Waals surface area (Å²) < 4.78 is 37.7. The molecule has 0 aliphatic carbocycles. The van der Waals surface area contributed by atoms with Gasteiger partial charge >= 0.3 is 0 Å². The van der Waals surface area contributed by atoms with Crippen LogP contribution < -0.4 is 0 Å². The lowest BCUT2D eigenvalue weighted by Crippen LogP contribution is -2.28. The molecular formula is C12H15FN2O2S. The third-order valence-corrected chi connectivity index (χ3v) is 4.53. The first-order valence-electron chi connectivity index (χ1n) is 5.53. The molecule has 0 fully saturated rings. The van der Waals surface area contributed by atoms with E-state index in [1.165, 1.54) is 23.5 Å². The fourth-order valence-corrected chi connectivity index (χ4v) is 2.71. The molecule has 0 spiro atoms. The summed E-state index contributed by atoms with van der Waals surface area (Å²) in [6, 6.07) is 5.63. The van der Waals surface area contributed by atoms with Gasteiger partial charge in [0.1, 0.15) is 5.82 Å². The van der Waals surface area contributed by atoms with Gasteiger partial charge in [-0.2, -0.15) is 5.26 Å². The van der Waals surface area contributed by atoms with E-state index in [-0.39, 0.29) is 17.9 Å². The number of halogens is 1. The van der Waals surface area contributed by atoms with Crippen LogP contribution in [0.25, 0.3) is 0 Å². The number of hydrogen-bond acceptors (Lipinski definition) is 3. The molecule has 1 aromatic carbocycles. The summed E-state index contributed by atoms with van der Waals surface area (Å²) in [7, 11) is -1.86. The Morgan fingerprint density at radius 2 is 2.11 bits per heavy atom. The quantitative estimate of drug-likeness (QED) is 0.820. The lowest BCUT2D eigenvalue weighted by atomic mass is 10.1. The third-order valence-electron chi connectivity index (χ3n) is 2.52. The van der Waals surface area contributed by atoms with Crippen molar-refractivity contribution >= 4 is 10.0 Å². The van der Waals surface area contributed by atoms with Gasteiger partial charge in [0.05, 0.1) is 17.4 Å². The van der Waals surface area contributed by atoms with Crippen molar-refractivity contribution in [2.24, 2.45) is 0 Å². The van der Waals surface area contributed by atoms with Gasteiger partial charge in [-0.05, 0) is 24.1 Å². The Bertz CT molecular complexity index is 564. The molecule has 0 aromatic heterocycles. The van der Waals surface area contributed by atoms with Crippen LogP contribution in [0.15, 0.2) is 18.2 Å². The van der Waals surface area contributed by atoms with E-state index in [0.29, 0.717) is 12.0 Å². The summed E-state index contributed by atoms with van der Waals surface area (Å²) in [5.74, 6) is -0.443. The molecule has 1 aromatic rings. The maximum Gasteiger partial charge on any atom is 0.214 e. The Kier molecular flexibility index (Phi) is 4.82. The first kappa shape index (κ1) is 14.6. The molecule has 6 heteroatoms. The van der Waals surface area contributed by atoms with E-state index < -0.39 is 15.8 Å². The van der Waals surface area contributed by atoms with Crippen molar-refractivity contribution < 1.29 is 12.8 Å². The molecule has 0 unspecified atom stereocenters. The largest absolute Gasteiger partial charge is 0.214 e. The van der Waals surface area contributed by atoms with E-state index >= 15 is 0 Å². The fourth-order valence-electron chi connectivity index (χ4n) is 1.54. The van der Waals surface area contributed by atoms with E-state index in [2.05, 4.69) is 0 Å². The molecule has 0 heterocycles. The third kappa shape index (κ3) is 3.52. The summed E-state index contributed by atoms with van der Waals surface area (Å²) in [5.41, 5.74) is 0.662. The lowest BCUT2D eigenvalue weighted by Gasteiger charge is -2.17. The highest BCUT2D eigenvalue weighted by Gasteiger charge is 2.18. The lowest BCUT2D eigenvalue weighted by molar-refractivity contribution is 0.465. The molecule has 0 aliphatic heterocycles. The predicted molar refractivity (Wildman–Crippen MR) is 66.7 cm³/mol. The van der Waals surface area contributed by atoms with E-state index in [0.717, 1.165) is 6.07 Å². The number of sulfonamides is 1. The Morgan fingerprint density at radius 3 is 2.67 bits per heavy atom. The van der Waals surface area contributed by atoms with E-state index in [9.17, 15) is 12.8 Å². The Morgan fingerprint density at radius 1 is 1.44 bits per heavy atom. The van der Waals surface area contributed by atoms with Crippen molar-refractivity contribution in [1.29, 1.82) is 5.26 Å². The molecule has 0 N–H and O–H groups in total. The van der Waals surface area contributed by atoms with Crippen LogP contribution in [0, 0.1) is 17.1 Å². The van der Waals surface area contributed by atoms with Crippen molar-refractivity contribution in [2.75, 3.05) is 12.8 Å². The second-order valence-electron chi connectivity index (χ2n) is 3.99. The van der Waals surface area contributed by atoms with Crippen molar-refractivity contribution in [3.8, 4) is 6.07 Å². The molecule has 98 valence electrons. The average Bonchev–Trinajstić information content (AvgIpc) is 2.31. The highest BCUT2D eigenvalue weighted by molar-refractivity contribution is 7.89. The summed E-state index contributed by atoms with van der Waals surface area (Å²) >= 11 is 0. The number of rotatable bonds is 5. The highest BCUT2D eigenvalue weighted by Crippen LogP contribution is 2.14. The van der Waals surface area contributed by atoms with Crippen LogP contribution in [0.5, 0.6) is 0 Å². The van der Waals surface area contributed by atoms with Crippen LogP contribution in [-0.2, 0) is 16.6 Å². The monoisotopic (exact) mass is 270 g/mol. The molecule has 0 saturated heterocycles. The number of nitriles is 1. The van der Waals surface area contributed by atoms with Crippen LogP contribution in [0.4, 0.5) is 4.39 Å². The van der Waals surface area contributed by atoms with Gasteiger partial charge in [-0.25, -0.2) is 17.1 Å². The average molecular weight is 270 g/mol. The van der Waals surface area contributed by atoms with Crippen molar-refractivity contribution in [3.63, 3.8) is 0 Å². The molecule has 0 saturated carbocycles.